The highest BCUT2D eigenvalue weighted by Crippen LogP contribution is 2.42. The number of hydrogen-bond acceptors (Lipinski definition) is 4. The van der Waals surface area contributed by atoms with Crippen LogP contribution in [0.1, 0.15) is 25.7 Å². The molecule has 0 aromatic rings. The molecule has 88 valence electrons. The molecule has 0 aromatic heterocycles. The summed E-state index contributed by atoms with van der Waals surface area (Å²) in [4.78, 5) is 0. The Bertz CT molecular complexity index is 317. The van der Waals surface area contributed by atoms with E-state index in [1.165, 1.54) is 19.3 Å². The first kappa shape index (κ1) is 11.7. The Balaban J connectivity index is 1.79. The number of hydrogen-bond donors (Lipinski definition) is 1. The maximum atomic E-state index is 11.3. The van der Waals surface area contributed by atoms with E-state index in [1.807, 2.05) is 11.8 Å². The molecule has 15 heavy (non-hydrogen) atoms. The maximum absolute atomic E-state index is 11.3. The Morgan fingerprint density at radius 2 is 2.20 bits per heavy atom. The molecule has 1 saturated carbocycles. The van der Waals surface area contributed by atoms with Gasteiger partial charge in [0.05, 0.1) is 11.5 Å². The van der Waals surface area contributed by atoms with E-state index in [4.69, 9.17) is 0 Å². The molecule has 0 spiro atoms. The van der Waals surface area contributed by atoms with Crippen LogP contribution < -0.4 is 5.32 Å². The van der Waals surface area contributed by atoms with Crippen LogP contribution in [-0.2, 0) is 9.84 Å². The summed E-state index contributed by atoms with van der Waals surface area (Å²) >= 11 is 1.93. The lowest BCUT2D eigenvalue weighted by Gasteiger charge is -2.41. The van der Waals surface area contributed by atoms with Crippen molar-refractivity contribution in [2.75, 3.05) is 24.3 Å². The van der Waals surface area contributed by atoms with E-state index >= 15 is 0 Å². The van der Waals surface area contributed by atoms with Crippen LogP contribution in [0.15, 0.2) is 0 Å². The SMILES string of the molecule is CSC1(CNC2CCS(=O)(=O)C2)CCC1. The Hall–Kier alpha value is 0.260. The summed E-state index contributed by atoms with van der Waals surface area (Å²) < 4.78 is 23.0. The van der Waals surface area contributed by atoms with Gasteiger partial charge in [-0.05, 0) is 25.5 Å². The molecule has 1 atom stereocenters. The second-order valence-corrected chi connectivity index (χ2v) is 8.22. The van der Waals surface area contributed by atoms with Crippen molar-refractivity contribution in [3.8, 4) is 0 Å². The number of rotatable bonds is 4. The summed E-state index contributed by atoms with van der Waals surface area (Å²) in [5.41, 5.74) is 0. The van der Waals surface area contributed by atoms with E-state index in [2.05, 4.69) is 11.6 Å². The lowest BCUT2D eigenvalue weighted by atomic mass is 9.84. The fourth-order valence-electron chi connectivity index (χ4n) is 2.31. The zero-order chi connectivity index (χ0) is 10.9. The van der Waals surface area contributed by atoms with Crippen LogP contribution in [0.2, 0.25) is 0 Å². The molecule has 0 aromatic carbocycles. The Labute approximate surface area is 96.3 Å². The first-order valence-electron chi connectivity index (χ1n) is 5.54. The minimum atomic E-state index is -2.73. The monoisotopic (exact) mass is 249 g/mol. The molecular formula is C10H19NO2S2. The van der Waals surface area contributed by atoms with E-state index in [1.54, 1.807) is 0 Å². The van der Waals surface area contributed by atoms with Gasteiger partial charge in [-0.2, -0.15) is 11.8 Å². The quantitative estimate of drug-likeness (QED) is 0.809. The molecule has 2 fully saturated rings. The summed E-state index contributed by atoms with van der Waals surface area (Å²) in [7, 11) is -2.73. The topological polar surface area (TPSA) is 46.2 Å². The van der Waals surface area contributed by atoms with Gasteiger partial charge in [0.2, 0.25) is 0 Å². The molecule has 2 rings (SSSR count). The highest BCUT2D eigenvalue weighted by molar-refractivity contribution is 8.00. The fourth-order valence-corrected chi connectivity index (χ4v) is 4.94. The molecule has 0 bridgehead atoms. The standard InChI is InChI=1S/C10H19NO2S2/c1-14-10(4-2-5-10)8-11-9-3-6-15(12,13)7-9/h9,11H,2-8H2,1H3. The van der Waals surface area contributed by atoms with Gasteiger partial charge in [0.25, 0.3) is 0 Å². The normalized spacial score (nSPS) is 32.5. The van der Waals surface area contributed by atoms with E-state index in [0.29, 0.717) is 16.3 Å². The molecule has 5 heteroatoms. The van der Waals surface area contributed by atoms with Gasteiger partial charge in [0.15, 0.2) is 9.84 Å². The molecule has 0 radical (unpaired) electrons. The van der Waals surface area contributed by atoms with E-state index < -0.39 is 9.84 Å². The molecule has 1 aliphatic heterocycles. The Kier molecular flexibility index (Phi) is 3.33. The number of nitrogens with one attached hydrogen (secondary N) is 1. The zero-order valence-electron chi connectivity index (χ0n) is 9.16. The molecule has 1 saturated heterocycles. The van der Waals surface area contributed by atoms with Crippen molar-refractivity contribution in [2.45, 2.75) is 36.5 Å². The first-order chi connectivity index (χ1) is 7.05. The third-order valence-corrected chi connectivity index (χ3v) is 6.83. The molecule has 1 unspecified atom stereocenters. The van der Waals surface area contributed by atoms with E-state index in [9.17, 15) is 8.42 Å². The minimum absolute atomic E-state index is 0.208. The molecule has 3 nitrogen and oxygen atoms in total. The van der Waals surface area contributed by atoms with Gasteiger partial charge < -0.3 is 5.32 Å². The smallest absolute Gasteiger partial charge is 0.151 e. The predicted octanol–water partition coefficient (Wildman–Crippen LogP) is 1.05. The average Bonchev–Trinajstić information content (AvgIpc) is 2.45. The molecule has 2 aliphatic rings. The second-order valence-electron chi connectivity index (χ2n) is 4.72. The molecule has 1 N–H and O–H groups in total. The van der Waals surface area contributed by atoms with Gasteiger partial charge >= 0.3 is 0 Å². The lowest BCUT2D eigenvalue weighted by Crippen LogP contribution is -2.46. The molecule has 0 amide bonds. The van der Waals surface area contributed by atoms with Crippen LogP contribution in [0.4, 0.5) is 0 Å². The van der Waals surface area contributed by atoms with Gasteiger partial charge in [-0.15, -0.1) is 0 Å². The fraction of sp³-hybridized carbons (Fsp3) is 1.00. The van der Waals surface area contributed by atoms with E-state index in [-0.39, 0.29) is 6.04 Å². The first-order valence-corrected chi connectivity index (χ1v) is 8.59. The van der Waals surface area contributed by atoms with Gasteiger partial charge in [-0.3, -0.25) is 0 Å². The van der Waals surface area contributed by atoms with Crippen molar-refractivity contribution in [1.29, 1.82) is 0 Å². The minimum Gasteiger partial charge on any atom is -0.312 e. The van der Waals surface area contributed by atoms with Crippen LogP contribution in [0.5, 0.6) is 0 Å². The predicted molar refractivity (Wildman–Crippen MR) is 65.2 cm³/mol. The van der Waals surface area contributed by atoms with Crippen molar-refractivity contribution in [2.24, 2.45) is 0 Å². The summed E-state index contributed by atoms with van der Waals surface area (Å²) in [5, 5.41) is 3.43. The highest BCUT2D eigenvalue weighted by atomic mass is 32.2. The number of thioether (sulfide) groups is 1. The Morgan fingerprint density at radius 3 is 2.60 bits per heavy atom. The van der Waals surface area contributed by atoms with E-state index in [0.717, 1.165) is 13.0 Å². The van der Waals surface area contributed by atoms with Crippen LogP contribution in [0.3, 0.4) is 0 Å². The van der Waals surface area contributed by atoms with Crippen LogP contribution in [-0.4, -0.2) is 43.5 Å². The maximum Gasteiger partial charge on any atom is 0.151 e. The summed E-state index contributed by atoms with van der Waals surface area (Å²) in [6, 6.07) is 0.208. The van der Waals surface area contributed by atoms with Crippen molar-refractivity contribution in [3.05, 3.63) is 0 Å². The Morgan fingerprint density at radius 1 is 1.47 bits per heavy atom. The van der Waals surface area contributed by atoms with Gasteiger partial charge in [0.1, 0.15) is 0 Å². The highest BCUT2D eigenvalue weighted by Gasteiger charge is 2.37. The molecule has 1 aliphatic carbocycles. The van der Waals surface area contributed by atoms with Gasteiger partial charge in [-0.25, -0.2) is 8.42 Å². The molecule has 1 heterocycles. The van der Waals surface area contributed by atoms with Gasteiger partial charge in [0, 0.05) is 17.3 Å². The largest absolute Gasteiger partial charge is 0.312 e. The third-order valence-electron chi connectivity index (χ3n) is 3.64. The van der Waals surface area contributed by atoms with Gasteiger partial charge in [-0.1, -0.05) is 6.42 Å². The van der Waals surface area contributed by atoms with Crippen molar-refractivity contribution >= 4 is 21.6 Å². The second kappa shape index (κ2) is 4.26. The summed E-state index contributed by atoms with van der Waals surface area (Å²) in [6.07, 6.45) is 6.84. The lowest BCUT2D eigenvalue weighted by molar-refractivity contribution is 0.334. The summed E-state index contributed by atoms with van der Waals surface area (Å²) in [6.45, 7) is 0.981. The van der Waals surface area contributed by atoms with Crippen LogP contribution in [0, 0.1) is 0 Å². The third kappa shape index (κ3) is 2.68. The number of sulfone groups is 1. The molecular weight excluding hydrogens is 230 g/mol. The summed E-state index contributed by atoms with van der Waals surface area (Å²) in [5.74, 6) is 0.717. The van der Waals surface area contributed by atoms with Crippen molar-refractivity contribution < 1.29 is 8.42 Å². The van der Waals surface area contributed by atoms with Crippen molar-refractivity contribution in [1.82, 2.24) is 5.32 Å². The van der Waals surface area contributed by atoms with Crippen LogP contribution >= 0.6 is 11.8 Å². The van der Waals surface area contributed by atoms with Crippen molar-refractivity contribution in [3.63, 3.8) is 0 Å². The average molecular weight is 249 g/mol. The van der Waals surface area contributed by atoms with Crippen LogP contribution in [0.25, 0.3) is 0 Å². The zero-order valence-corrected chi connectivity index (χ0v) is 10.8.